The van der Waals surface area contributed by atoms with Crippen LogP contribution in [0.3, 0.4) is 0 Å². The van der Waals surface area contributed by atoms with E-state index in [2.05, 4.69) is 257 Å². The van der Waals surface area contributed by atoms with Crippen LogP contribution in [0.5, 0.6) is 0 Å². The first-order valence-electron chi connectivity index (χ1n) is 26.3. The molecule has 0 spiro atoms. The summed E-state index contributed by atoms with van der Waals surface area (Å²) in [5.41, 5.74) is 22.2. The fourth-order valence-electron chi connectivity index (χ4n) is 10.9. The summed E-state index contributed by atoms with van der Waals surface area (Å²) in [6, 6.07) is 35.3. The smallest absolute Gasteiger partial charge is 0.200 e. The third-order valence-electron chi connectivity index (χ3n) is 15.1. The van der Waals surface area contributed by atoms with Gasteiger partial charge in [-0.3, -0.25) is 0 Å². The Balaban J connectivity index is 1.86. The molecule has 0 fully saturated rings. The molecule has 2 N–H and O–H groups in total. The van der Waals surface area contributed by atoms with E-state index >= 15 is 0 Å². The first-order valence-corrected chi connectivity index (χ1v) is 27.6. The van der Waals surface area contributed by atoms with Crippen molar-refractivity contribution >= 4 is 13.7 Å². The summed E-state index contributed by atoms with van der Waals surface area (Å²) < 4.78 is 0. The molecule has 0 aliphatic heterocycles. The van der Waals surface area contributed by atoms with Gasteiger partial charge in [0.1, 0.15) is 0 Å². The molecule has 6 aromatic rings. The summed E-state index contributed by atoms with van der Waals surface area (Å²) in [4.78, 5) is 25.0. The molecule has 2 nitrogen and oxygen atoms in total. The number of hydrogen-bond donors (Lipinski definition) is 2. The molecular weight excluding hydrogens is 880 g/mol. The Hall–Kier alpha value is -4.33. The maximum absolute atomic E-state index is 12.5. The molecule has 0 unspecified atom stereocenters. The SMILES string of the molecule is CC(C)(C)c1ccc(-c2cccc3c2-c2c(-c4ccc(C(C)(C)C)cc4C(C)(C)C)c(-c4ccc(C(C)(C)C)cc4C(C)(C)C)c(-c4ccc(C(C)(C)C)cc4C(C)(C)C)c(P(O)O)c2-3)c(C(C)(C)C)c1. The quantitative estimate of drug-likeness (QED) is 0.169. The van der Waals surface area contributed by atoms with Crippen molar-refractivity contribution in [3.05, 3.63) is 136 Å². The van der Waals surface area contributed by atoms with E-state index < -0.39 is 8.38 Å². The summed E-state index contributed by atoms with van der Waals surface area (Å²) in [5, 5.41) is 0.634. The molecule has 6 aromatic carbocycles. The van der Waals surface area contributed by atoms with E-state index in [0.717, 1.165) is 38.9 Å². The Labute approximate surface area is 433 Å². The van der Waals surface area contributed by atoms with Gasteiger partial charge in [0.05, 0.1) is 0 Å². The van der Waals surface area contributed by atoms with Crippen LogP contribution in [-0.4, -0.2) is 9.79 Å². The topological polar surface area (TPSA) is 40.5 Å². The lowest BCUT2D eigenvalue weighted by atomic mass is 9.65. The fourth-order valence-corrected chi connectivity index (χ4v) is 11.7. The summed E-state index contributed by atoms with van der Waals surface area (Å²) >= 11 is 0. The lowest BCUT2D eigenvalue weighted by molar-refractivity contribution is 0.497. The zero-order chi connectivity index (χ0) is 53.3. The number of fused-ring (bicyclic) bond motifs is 4. The highest BCUT2D eigenvalue weighted by Gasteiger charge is 2.42. The van der Waals surface area contributed by atoms with Crippen LogP contribution >= 0.6 is 8.38 Å². The van der Waals surface area contributed by atoms with Crippen LogP contribution in [0.4, 0.5) is 0 Å². The number of rotatable bonds is 5. The van der Waals surface area contributed by atoms with Crippen molar-refractivity contribution in [3.8, 4) is 66.8 Å². The molecule has 0 heterocycles. The summed E-state index contributed by atoms with van der Waals surface area (Å²) in [7, 11) is -2.64. The molecule has 378 valence electrons. The van der Waals surface area contributed by atoms with Gasteiger partial charge in [0.2, 0.25) is 8.38 Å². The van der Waals surface area contributed by atoms with E-state index in [4.69, 9.17) is 0 Å². The minimum Gasteiger partial charge on any atom is -0.347 e. The van der Waals surface area contributed by atoms with Gasteiger partial charge in [-0.15, -0.1) is 0 Å². The monoisotopic (exact) mass is 969 g/mol. The van der Waals surface area contributed by atoms with Crippen molar-refractivity contribution < 1.29 is 9.79 Å². The van der Waals surface area contributed by atoms with Gasteiger partial charge in [-0.05, 0) is 138 Å². The van der Waals surface area contributed by atoms with Crippen molar-refractivity contribution in [3.63, 3.8) is 0 Å². The highest BCUT2D eigenvalue weighted by Crippen LogP contribution is 2.63. The third-order valence-corrected chi connectivity index (χ3v) is 16.0. The summed E-state index contributed by atoms with van der Waals surface area (Å²) in [6.45, 7) is 55.6. The molecule has 0 bridgehead atoms. The van der Waals surface area contributed by atoms with Gasteiger partial charge < -0.3 is 9.79 Å². The molecule has 7 rings (SSSR count). The molecule has 3 heteroatoms. The van der Waals surface area contributed by atoms with Crippen LogP contribution in [-0.2, 0) is 43.3 Å². The fraction of sp³-hybridized carbons (Fsp3) is 0.471. The average molecular weight is 969 g/mol. The van der Waals surface area contributed by atoms with Gasteiger partial charge in [-0.1, -0.05) is 257 Å². The minimum absolute atomic E-state index is 0.0213. The second-order valence-corrected chi connectivity index (χ2v) is 30.3. The van der Waals surface area contributed by atoms with Gasteiger partial charge in [-0.25, -0.2) is 0 Å². The van der Waals surface area contributed by atoms with Gasteiger partial charge >= 0.3 is 0 Å². The molecule has 0 radical (unpaired) electrons. The second kappa shape index (κ2) is 17.7. The van der Waals surface area contributed by atoms with Crippen LogP contribution in [0.25, 0.3) is 66.8 Å². The second-order valence-electron chi connectivity index (χ2n) is 29.3. The van der Waals surface area contributed by atoms with Gasteiger partial charge in [0.15, 0.2) is 0 Å². The highest BCUT2D eigenvalue weighted by atomic mass is 31.2. The van der Waals surface area contributed by atoms with Crippen molar-refractivity contribution in [2.24, 2.45) is 0 Å². The van der Waals surface area contributed by atoms with Crippen LogP contribution < -0.4 is 5.30 Å². The lowest BCUT2D eigenvalue weighted by Gasteiger charge is -2.40. The van der Waals surface area contributed by atoms with Crippen molar-refractivity contribution in [2.75, 3.05) is 0 Å². The summed E-state index contributed by atoms with van der Waals surface area (Å²) in [6.07, 6.45) is 0. The maximum Gasteiger partial charge on any atom is 0.200 e. The minimum atomic E-state index is -2.64. The standard InChI is InChI=1S/C68H89O2P/c1-61(2,3)40-28-32-44(50(36-40)65(13,14)15)45-26-25-27-49-54(45)59-56(47-34-30-42(63(7,8)9)38-52(47)67(19,20)21)55(46-33-29-41(62(4,5)6)37-51(46)66(16,17)18)57(60(58(49)59)71(69)70)48-35-31-43(64(10,11)12)39-53(48)68(22,23)24/h25-39,69-70H,1-24H3. The highest BCUT2D eigenvalue weighted by molar-refractivity contribution is 7.54. The molecule has 0 amide bonds. The first kappa shape index (κ1) is 54.4. The normalized spacial score (nSPS) is 13.9. The molecule has 0 atom stereocenters. The van der Waals surface area contributed by atoms with E-state index in [9.17, 15) is 9.79 Å². The molecule has 1 aliphatic rings. The summed E-state index contributed by atoms with van der Waals surface area (Å²) in [5.74, 6) is 0. The molecule has 0 saturated carbocycles. The van der Waals surface area contributed by atoms with Crippen LogP contribution in [0, 0.1) is 0 Å². The van der Waals surface area contributed by atoms with Gasteiger partial charge in [-0.2, -0.15) is 0 Å². The Morgan fingerprint density at radius 3 is 0.831 bits per heavy atom. The molecule has 0 saturated heterocycles. The zero-order valence-corrected chi connectivity index (χ0v) is 49.4. The maximum atomic E-state index is 12.5. The number of benzene rings is 6. The lowest BCUT2D eigenvalue weighted by Crippen LogP contribution is -2.24. The van der Waals surface area contributed by atoms with E-state index in [1.165, 1.54) is 72.3 Å². The molecule has 71 heavy (non-hydrogen) atoms. The predicted molar refractivity (Wildman–Crippen MR) is 313 cm³/mol. The number of hydrogen-bond acceptors (Lipinski definition) is 2. The zero-order valence-electron chi connectivity index (χ0n) is 48.5. The first-order chi connectivity index (χ1) is 32.1. The molecule has 1 aliphatic carbocycles. The Morgan fingerprint density at radius 2 is 0.521 bits per heavy atom. The van der Waals surface area contributed by atoms with E-state index in [0.29, 0.717) is 5.30 Å². The van der Waals surface area contributed by atoms with E-state index in [1.807, 2.05) is 0 Å². The third kappa shape index (κ3) is 10.2. The van der Waals surface area contributed by atoms with Crippen LogP contribution in [0.15, 0.2) is 91.0 Å². The van der Waals surface area contributed by atoms with Crippen molar-refractivity contribution in [2.45, 2.75) is 209 Å². The van der Waals surface area contributed by atoms with E-state index in [1.54, 1.807) is 0 Å². The Kier molecular flexibility index (Phi) is 13.6. The van der Waals surface area contributed by atoms with Gasteiger partial charge in [0.25, 0.3) is 0 Å². The largest absolute Gasteiger partial charge is 0.347 e. The molecular formula is C68H89O2P. The Morgan fingerprint density at radius 1 is 0.254 bits per heavy atom. The van der Waals surface area contributed by atoms with Crippen LogP contribution in [0.1, 0.15) is 211 Å². The average Bonchev–Trinajstić information content (AvgIpc) is 3.21. The van der Waals surface area contributed by atoms with E-state index in [-0.39, 0.29) is 43.3 Å². The van der Waals surface area contributed by atoms with Crippen LogP contribution in [0.2, 0.25) is 0 Å². The van der Waals surface area contributed by atoms with Crippen molar-refractivity contribution in [1.29, 1.82) is 0 Å². The Bertz CT molecular complexity index is 3040. The van der Waals surface area contributed by atoms with Crippen molar-refractivity contribution in [1.82, 2.24) is 0 Å². The van der Waals surface area contributed by atoms with Gasteiger partial charge in [0, 0.05) is 22.0 Å². The predicted octanol–water partition coefficient (Wildman–Crippen LogP) is 19.3. The molecule has 0 aromatic heterocycles.